The third kappa shape index (κ3) is 4.93. The lowest BCUT2D eigenvalue weighted by molar-refractivity contribution is 0.155. The fourth-order valence-corrected chi connectivity index (χ4v) is 6.20. The molecule has 4 rings (SSSR count). The molecular formula is C27H34F4. The Morgan fingerprint density at radius 1 is 0.710 bits per heavy atom. The highest BCUT2D eigenvalue weighted by Crippen LogP contribution is 2.45. The van der Waals surface area contributed by atoms with Crippen LogP contribution in [0.5, 0.6) is 0 Å². The molecule has 0 bridgehead atoms. The largest absolute Gasteiger partial charge is 0.206 e. The third-order valence-electron chi connectivity index (χ3n) is 8.06. The van der Waals surface area contributed by atoms with E-state index in [-0.39, 0.29) is 11.3 Å². The van der Waals surface area contributed by atoms with Gasteiger partial charge in [0.15, 0.2) is 17.5 Å². The van der Waals surface area contributed by atoms with E-state index in [4.69, 9.17) is 0 Å². The molecule has 0 spiro atoms. The normalized spacial score (nSPS) is 27.0. The molecule has 2 aliphatic rings. The first-order chi connectivity index (χ1) is 15.0. The predicted molar refractivity (Wildman–Crippen MR) is 118 cm³/mol. The summed E-state index contributed by atoms with van der Waals surface area (Å²) in [7, 11) is 0. The van der Waals surface area contributed by atoms with Crippen LogP contribution in [0.1, 0.15) is 95.5 Å². The summed E-state index contributed by atoms with van der Waals surface area (Å²) in [6, 6.07) is 3.89. The molecular weight excluding hydrogens is 400 g/mol. The summed E-state index contributed by atoms with van der Waals surface area (Å²) in [6.07, 6.45) is 15.1. The number of fused-ring (bicyclic) bond motifs is 1. The van der Waals surface area contributed by atoms with Gasteiger partial charge in [-0.1, -0.05) is 51.5 Å². The van der Waals surface area contributed by atoms with Crippen molar-refractivity contribution in [3.05, 3.63) is 47.0 Å². The molecule has 4 heteroatoms. The van der Waals surface area contributed by atoms with Crippen molar-refractivity contribution in [1.29, 1.82) is 0 Å². The standard InChI is InChI=1S/C27H34F4/c1-2-3-4-5-17-6-8-18(9-7-17)19-10-12-20(13-11-19)21-14-22-16-24(29)26(30)27(31)25(22)23(28)15-21/h14-20H,2-13H2,1H3. The van der Waals surface area contributed by atoms with Crippen LogP contribution in [-0.4, -0.2) is 0 Å². The van der Waals surface area contributed by atoms with Crippen LogP contribution in [0.2, 0.25) is 0 Å². The van der Waals surface area contributed by atoms with E-state index < -0.39 is 28.7 Å². The molecule has 0 nitrogen and oxygen atoms in total. The fourth-order valence-electron chi connectivity index (χ4n) is 6.20. The monoisotopic (exact) mass is 434 g/mol. The summed E-state index contributed by atoms with van der Waals surface area (Å²) < 4.78 is 55.7. The molecule has 0 atom stereocenters. The van der Waals surface area contributed by atoms with Crippen molar-refractivity contribution in [3.63, 3.8) is 0 Å². The Hall–Kier alpha value is -1.58. The quantitative estimate of drug-likeness (QED) is 0.242. The third-order valence-corrected chi connectivity index (χ3v) is 8.06. The highest BCUT2D eigenvalue weighted by Gasteiger charge is 2.31. The second-order valence-corrected chi connectivity index (χ2v) is 9.98. The minimum Gasteiger partial charge on any atom is -0.206 e. The zero-order valence-electron chi connectivity index (χ0n) is 18.5. The van der Waals surface area contributed by atoms with E-state index in [1.54, 1.807) is 6.07 Å². The van der Waals surface area contributed by atoms with Gasteiger partial charge in [0.1, 0.15) is 5.82 Å². The van der Waals surface area contributed by atoms with Crippen LogP contribution in [0.25, 0.3) is 10.8 Å². The Kier molecular flexibility index (Phi) is 7.23. The van der Waals surface area contributed by atoms with Gasteiger partial charge in [0.2, 0.25) is 0 Å². The topological polar surface area (TPSA) is 0 Å². The number of hydrogen-bond acceptors (Lipinski definition) is 0. The first-order valence-corrected chi connectivity index (χ1v) is 12.2. The van der Waals surface area contributed by atoms with E-state index in [1.165, 1.54) is 57.4 Å². The van der Waals surface area contributed by atoms with Crippen LogP contribution >= 0.6 is 0 Å². The summed E-state index contributed by atoms with van der Waals surface area (Å²) in [4.78, 5) is 0. The Labute approximate surface area is 183 Å². The Morgan fingerprint density at radius 2 is 1.35 bits per heavy atom. The SMILES string of the molecule is CCCCCC1CCC(C2CCC(c3cc(F)c4c(F)c(F)c(F)cc4c3)CC2)CC1. The summed E-state index contributed by atoms with van der Waals surface area (Å²) in [6.45, 7) is 2.26. The number of benzene rings is 2. The van der Waals surface area contributed by atoms with Crippen LogP contribution in [0.4, 0.5) is 17.6 Å². The van der Waals surface area contributed by atoms with Gasteiger partial charge >= 0.3 is 0 Å². The average molecular weight is 435 g/mol. The van der Waals surface area contributed by atoms with Crippen molar-refractivity contribution in [2.75, 3.05) is 0 Å². The molecule has 2 saturated carbocycles. The first-order valence-electron chi connectivity index (χ1n) is 12.2. The minimum absolute atomic E-state index is 0.106. The minimum atomic E-state index is -1.61. The molecule has 2 aliphatic carbocycles. The van der Waals surface area contributed by atoms with Gasteiger partial charge in [0.25, 0.3) is 0 Å². The molecule has 0 heterocycles. The zero-order chi connectivity index (χ0) is 22.0. The van der Waals surface area contributed by atoms with Gasteiger partial charge in [-0.3, -0.25) is 0 Å². The fraction of sp³-hybridized carbons (Fsp3) is 0.630. The van der Waals surface area contributed by atoms with E-state index in [9.17, 15) is 17.6 Å². The van der Waals surface area contributed by atoms with Crippen LogP contribution in [0.15, 0.2) is 18.2 Å². The molecule has 0 saturated heterocycles. The van der Waals surface area contributed by atoms with Crippen LogP contribution in [0, 0.1) is 41.0 Å². The molecule has 0 N–H and O–H groups in total. The highest BCUT2D eigenvalue weighted by atomic mass is 19.2. The molecule has 2 aromatic carbocycles. The van der Waals surface area contributed by atoms with Gasteiger partial charge < -0.3 is 0 Å². The number of rotatable bonds is 6. The molecule has 2 fully saturated rings. The van der Waals surface area contributed by atoms with Crippen LogP contribution < -0.4 is 0 Å². The van der Waals surface area contributed by atoms with Gasteiger partial charge in [0, 0.05) is 0 Å². The van der Waals surface area contributed by atoms with Gasteiger partial charge in [0.05, 0.1) is 5.39 Å². The highest BCUT2D eigenvalue weighted by molar-refractivity contribution is 5.84. The maximum Gasteiger partial charge on any atom is 0.195 e. The maximum atomic E-state index is 14.6. The molecule has 0 aromatic heterocycles. The number of unbranched alkanes of at least 4 members (excludes halogenated alkanes) is 2. The number of hydrogen-bond donors (Lipinski definition) is 0. The molecule has 0 aliphatic heterocycles. The lowest BCUT2D eigenvalue weighted by Gasteiger charge is -2.38. The second kappa shape index (κ2) is 9.92. The van der Waals surface area contributed by atoms with Crippen molar-refractivity contribution in [3.8, 4) is 0 Å². The van der Waals surface area contributed by atoms with E-state index in [1.807, 2.05) is 0 Å². The van der Waals surface area contributed by atoms with Crippen molar-refractivity contribution in [1.82, 2.24) is 0 Å². The molecule has 170 valence electrons. The van der Waals surface area contributed by atoms with Crippen molar-refractivity contribution in [2.45, 2.75) is 89.9 Å². The molecule has 0 amide bonds. The van der Waals surface area contributed by atoms with Crippen molar-refractivity contribution in [2.24, 2.45) is 17.8 Å². The smallest absolute Gasteiger partial charge is 0.195 e. The van der Waals surface area contributed by atoms with Crippen LogP contribution in [0.3, 0.4) is 0 Å². The Bertz CT molecular complexity index is 890. The van der Waals surface area contributed by atoms with Gasteiger partial charge in [-0.05, 0) is 85.3 Å². The first kappa shape index (κ1) is 22.6. The molecule has 2 aromatic rings. The maximum absolute atomic E-state index is 14.6. The van der Waals surface area contributed by atoms with E-state index in [2.05, 4.69) is 6.92 Å². The lowest BCUT2D eigenvalue weighted by atomic mass is 9.68. The molecule has 0 unspecified atom stereocenters. The van der Waals surface area contributed by atoms with E-state index >= 15 is 0 Å². The predicted octanol–water partition coefficient (Wildman–Crippen LogP) is 9.06. The van der Waals surface area contributed by atoms with Gasteiger partial charge in [-0.25, -0.2) is 17.6 Å². The van der Waals surface area contributed by atoms with Gasteiger partial charge in [-0.2, -0.15) is 0 Å². The van der Waals surface area contributed by atoms with E-state index in [0.717, 1.165) is 55.1 Å². The summed E-state index contributed by atoms with van der Waals surface area (Å²) >= 11 is 0. The Balaban J connectivity index is 1.36. The van der Waals surface area contributed by atoms with Crippen LogP contribution in [-0.2, 0) is 0 Å². The van der Waals surface area contributed by atoms with E-state index in [0.29, 0.717) is 0 Å². The Morgan fingerprint density at radius 3 is 2.00 bits per heavy atom. The molecule has 0 radical (unpaired) electrons. The average Bonchev–Trinajstić information content (AvgIpc) is 2.78. The number of halogens is 4. The second-order valence-electron chi connectivity index (χ2n) is 9.98. The van der Waals surface area contributed by atoms with Crippen molar-refractivity contribution < 1.29 is 17.6 Å². The molecule has 31 heavy (non-hydrogen) atoms. The summed E-state index contributed by atoms with van der Waals surface area (Å²) in [5, 5.41) is -0.345. The lowest BCUT2D eigenvalue weighted by Crippen LogP contribution is -2.25. The van der Waals surface area contributed by atoms with Gasteiger partial charge in [-0.15, -0.1) is 0 Å². The van der Waals surface area contributed by atoms with Crippen molar-refractivity contribution >= 4 is 10.8 Å². The zero-order valence-corrected chi connectivity index (χ0v) is 18.5. The summed E-state index contributed by atoms with van der Waals surface area (Å²) in [5.74, 6) is -2.41. The summed E-state index contributed by atoms with van der Waals surface area (Å²) in [5.41, 5.74) is 0.786.